The molecular weight excluding hydrogens is 422 g/mol. The van der Waals surface area contributed by atoms with Gasteiger partial charge in [-0.3, -0.25) is 14.4 Å². The van der Waals surface area contributed by atoms with Crippen LogP contribution in [0, 0.1) is 0 Å². The Morgan fingerprint density at radius 1 is 1.03 bits per heavy atom. The van der Waals surface area contributed by atoms with Crippen molar-refractivity contribution in [1.29, 1.82) is 0 Å². The lowest BCUT2D eigenvalue weighted by atomic mass is 9.99. The minimum absolute atomic E-state index is 0.160. The summed E-state index contributed by atoms with van der Waals surface area (Å²) in [5.41, 5.74) is 2.13. The van der Waals surface area contributed by atoms with Crippen LogP contribution in [0.4, 0.5) is 5.69 Å². The molecule has 8 heteroatoms. The molecule has 2 aromatic carbocycles. The Balaban J connectivity index is 1.51. The van der Waals surface area contributed by atoms with Crippen molar-refractivity contribution in [3.05, 3.63) is 63.9 Å². The highest BCUT2D eigenvalue weighted by molar-refractivity contribution is 5.99. The number of pyridine rings is 1. The average Bonchev–Trinajstić information content (AvgIpc) is 2.80. The SMILES string of the molecule is CC(C)c1ccc(NC(=O)C(c2cc3cc4c(cc3[nH]c2=O)OCCO4)N2CCC2=O)cc1. The van der Waals surface area contributed by atoms with Gasteiger partial charge in [-0.25, -0.2) is 0 Å². The van der Waals surface area contributed by atoms with Gasteiger partial charge in [0.2, 0.25) is 5.91 Å². The maximum absolute atomic E-state index is 13.3. The van der Waals surface area contributed by atoms with Crippen molar-refractivity contribution in [2.24, 2.45) is 0 Å². The zero-order valence-corrected chi connectivity index (χ0v) is 18.5. The third-order valence-electron chi connectivity index (χ3n) is 6.12. The molecule has 1 unspecified atom stereocenters. The van der Waals surface area contributed by atoms with E-state index < -0.39 is 17.5 Å². The van der Waals surface area contributed by atoms with E-state index in [-0.39, 0.29) is 11.5 Å². The number of likely N-dealkylation sites (tertiary alicyclic amines) is 1. The second-order valence-corrected chi connectivity index (χ2v) is 8.64. The highest BCUT2D eigenvalue weighted by Gasteiger charge is 2.38. The van der Waals surface area contributed by atoms with E-state index in [1.54, 1.807) is 18.2 Å². The predicted octanol–water partition coefficient (Wildman–Crippen LogP) is 3.33. The fraction of sp³-hybridized carbons (Fsp3) is 0.320. The fourth-order valence-corrected chi connectivity index (χ4v) is 4.18. The standard InChI is InChI=1S/C25H25N3O5/c1-14(2)15-3-5-17(6-4-15)26-25(31)23(28-8-7-22(28)29)18-11-16-12-20-21(33-10-9-32-20)13-19(16)27-24(18)30/h3-6,11-14,23H,7-10H2,1-2H3,(H,26,31)(H,27,30). The van der Waals surface area contributed by atoms with Gasteiger partial charge >= 0.3 is 0 Å². The van der Waals surface area contributed by atoms with Gasteiger partial charge in [0, 0.05) is 35.7 Å². The number of H-pyrrole nitrogens is 1. The van der Waals surface area contributed by atoms with E-state index >= 15 is 0 Å². The van der Waals surface area contributed by atoms with Crippen molar-refractivity contribution in [3.8, 4) is 11.5 Å². The Labute approximate surface area is 190 Å². The van der Waals surface area contributed by atoms with Gasteiger partial charge in [-0.1, -0.05) is 26.0 Å². The Morgan fingerprint density at radius 3 is 2.33 bits per heavy atom. The molecule has 1 saturated heterocycles. The minimum Gasteiger partial charge on any atom is -0.486 e. The molecule has 0 aliphatic carbocycles. The van der Waals surface area contributed by atoms with E-state index in [0.717, 1.165) is 5.56 Å². The molecular formula is C25H25N3O5. The van der Waals surface area contributed by atoms with E-state index in [9.17, 15) is 14.4 Å². The molecule has 3 aromatic rings. The topological polar surface area (TPSA) is 101 Å². The van der Waals surface area contributed by atoms with E-state index in [0.29, 0.717) is 60.2 Å². The van der Waals surface area contributed by atoms with Crippen molar-refractivity contribution in [2.75, 3.05) is 25.1 Å². The van der Waals surface area contributed by atoms with Crippen LogP contribution in [0.2, 0.25) is 0 Å². The van der Waals surface area contributed by atoms with Crippen LogP contribution in [0.1, 0.15) is 43.4 Å². The van der Waals surface area contributed by atoms with Crippen LogP contribution in [0.25, 0.3) is 10.9 Å². The van der Waals surface area contributed by atoms with Gasteiger partial charge in [0.05, 0.1) is 5.52 Å². The summed E-state index contributed by atoms with van der Waals surface area (Å²) in [6, 6.07) is 11.7. The summed E-state index contributed by atoms with van der Waals surface area (Å²) >= 11 is 0. The summed E-state index contributed by atoms with van der Waals surface area (Å²) in [5.74, 6) is 0.930. The monoisotopic (exact) mass is 447 g/mol. The minimum atomic E-state index is -1.03. The lowest BCUT2D eigenvalue weighted by molar-refractivity contribution is -0.147. The number of nitrogens with one attached hydrogen (secondary N) is 2. The molecule has 3 heterocycles. The van der Waals surface area contributed by atoms with Gasteiger partial charge < -0.3 is 24.7 Å². The second-order valence-electron chi connectivity index (χ2n) is 8.64. The van der Waals surface area contributed by atoms with E-state index in [1.165, 1.54) is 4.90 Å². The van der Waals surface area contributed by atoms with Crippen LogP contribution >= 0.6 is 0 Å². The molecule has 0 bridgehead atoms. The van der Waals surface area contributed by atoms with Gasteiger partial charge in [-0.15, -0.1) is 0 Å². The number of β-lactam (4-membered cyclic amide) rings is 1. The first kappa shape index (κ1) is 21.1. The van der Waals surface area contributed by atoms with Gasteiger partial charge in [-0.2, -0.15) is 0 Å². The first-order chi connectivity index (χ1) is 15.9. The number of benzene rings is 2. The Bertz CT molecular complexity index is 1300. The molecule has 1 atom stereocenters. The summed E-state index contributed by atoms with van der Waals surface area (Å²) < 4.78 is 11.2. The van der Waals surface area contributed by atoms with Gasteiger partial charge in [0.15, 0.2) is 11.5 Å². The number of anilines is 1. The summed E-state index contributed by atoms with van der Waals surface area (Å²) in [4.78, 5) is 42.9. The number of fused-ring (bicyclic) bond motifs is 2. The molecule has 0 spiro atoms. The molecule has 170 valence electrons. The molecule has 2 aliphatic heterocycles. The smallest absolute Gasteiger partial charge is 0.254 e. The second kappa shape index (κ2) is 8.27. The van der Waals surface area contributed by atoms with Crippen LogP contribution in [-0.2, 0) is 9.59 Å². The first-order valence-corrected chi connectivity index (χ1v) is 11.1. The molecule has 5 rings (SSSR count). The summed E-state index contributed by atoms with van der Waals surface area (Å²) in [6.07, 6.45) is 0.358. The lowest BCUT2D eigenvalue weighted by Gasteiger charge is -2.37. The van der Waals surface area contributed by atoms with Crippen LogP contribution < -0.4 is 20.3 Å². The number of carbonyl (C=O) groups excluding carboxylic acids is 2. The molecule has 0 saturated carbocycles. The summed E-state index contributed by atoms with van der Waals surface area (Å²) in [6.45, 7) is 5.50. The zero-order chi connectivity index (χ0) is 23.1. The third kappa shape index (κ3) is 3.92. The first-order valence-electron chi connectivity index (χ1n) is 11.1. The molecule has 33 heavy (non-hydrogen) atoms. The molecule has 2 amide bonds. The Morgan fingerprint density at radius 2 is 1.73 bits per heavy atom. The van der Waals surface area contributed by atoms with Gasteiger partial charge in [0.25, 0.3) is 11.5 Å². The van der Waals surface area contributed by atoms with Crippen molar-refractivity contribution in [1.82, 2.24) is 9.88 Å². The Kier molecular flexibility index (Phi) is 5.28. The third-order valence-corrected chi connectivity index (χ3v) is 6.12. The highest BCUT2D eigenvalue weighted by Crippen LogP contribution is 2.35. The normalized spacial score (nSPS) is 16.0. The van der Waals surface area contributed by atoms with Gasteiger partial charge in [0.1, 0.15) is 19.3 Å². The van der Waals surface area contributed by atoms with Crippen molar-refractivity contribution < 1.29 is 19.1 Å². The largest absolute Gasteiger partial charge is 0.486 e. The molecule has 0 radical (unpaired) electrons. The fourth-order valence-electron chi connectivity index (χ4n) is 4.18. The van der Waals surface area contributed by atoms with E-state index in [4.69, 9.17) is 9.47 Å². The number of hydrogen-bond acceptors (Lipinski definition) is 5. The highest BCUT2D eigenvalue weighted by atomic mass is 16.6. The molecule has 1 aromatic heterocycles. The van der Waals surface area contributed by atoms with E-state index in [2.05, 4.69) is 24.1 Å². The summed E-state index contributed by atoms with van der Waals surface area (Å²) in [5, 5.41) is 3.57. The van der Waals surface area contributed by atoms with Crippen molar-refractivity contribution in [2.45, 2.75) is 32.2 Å². The number of carbonyl (C=O) groups is 2. The number of hydrogen-bond donors (Lipinski definition) is 2. The van der Waals surface area contributed by atoms with Crippen LogP contribution in [-0.4, -0.2) is 41.5 Å². The number of ether oxygens (including phenoxy) is 2. The number of amides is 2. The van der Waals surface area contributed by atoms with Crippen molar-refractivity contribution in [3.63, 3.8) is 0 Å². The predicted molar refractivity (Wildman–Crippen MR) is 124 cm³/mol. The van der Waals surface area contributed by atoms with Crippen LogP contribution in [0.3, 0.4) is 0 Å². The number of aromatic amines is 1. The number of aromatic nitrogens is 1. The average molecular weight is 447 g/mol. The van der Waals surface area contributed by atoms with E-state index in [1.807, 2.05) is 24.3 Å². The maximum atomic E-state index is 13.3. The van der Waals surface area contributed by atoms with Crippen molar-refractivity contribution >= 4 is 28.4 Å². The zero-order valence-electron chi connectivity index (χ0n) is 18.5. The number of rotatable bonds is 5. The molecule has 8 nitrogen and oxygen atoms in total. The molecule has 1 fully saturated rings. The quantitative estimate of drug-likeness (QED) is 0.585. The summed E-state index contributed by atoms with van der Waals surface area (Å²) in [7, 11) is 0. The van der Waals surface area contributed by atoms with Crippen LogP contribution in [0.5, 0.6) is 11.5 Å². The molecule has 2 N–H and O–H groups in total. The Hall–Kier alpha value is -3.81. The lowest BCUT2D eigenvalue weighted by Crippen LogP contribution is -2.50. The van der Waals surface area contributed by atoms with Crippen LogP contribution in [0.15, 0.2) is 47.3 Å². The molecule has 2 aliphatic rings. The van der Waals surface area contributed by atoms with Gasteiger partial charge in [-0.05, 0) is 35.7 Å². The number of nitrogens with zero attached hydrogens (tertiary/aromatic N) is 1. The maximum Gasteiger partial charge on any atom is 0.254 e.